The molecular weight excluding hydrogens is 383 g/mol. The van der Waals surface area contributed by atoms with Crippen LogP contribution in [0.4, 0.5) is 18.9 Å². The van der Waals surface area contributed by atoms with Gasteiger partial charge in [-0.05, 0) is 42.0 Å². The van der Waals surface area contributed by atoms with Crippen LogP contribution in [0.5, 0.6) is 0 Å². The predicted molar refractivity (Wildman–Crippen MR) is 101 cm³/mol. The average molecular weight is 399 g/mol. The third-order valence-electron chi connectivity index (χ3n) is 4.07. The van der Waals surface area contributed by atoms with Gasteiger partial charge in [0.05, 0.1) is 16.7 Å². The molecule has 3 rings (SSSR count). The molecule has 1 aromatic heterocycles. The Morgan fingerprint density at radius 3 is 2.28 bits per heavy atom. The zero-order valence-electron chi connectivity index (χ0n) is 15.0. The summed E-state index contributed by atoms with van der Waals surface area (Å²) in [4.78, 5) is 28.1. The number of carbonyl (C=O) groups excluding carboxylic acids is 2. The number of nitrogens with one attached hydrogen (secondary N) is 2. The summed E-state index contributed by atoms with van der Waals surface area (Å²) in [6.07, 6.45) is -1.60. The minimum absolute atomic E-state index is 0.249. The molecule has 0 saturated heterocycles. The van der Waals surface area contributed by atoms with Gasteiger partial charge in [0.1, 0.15) is 0 Å². The molecule has 0 unspecified atom stereocenters. The summed E-state index contributed by atoms with van der Waals surface area (Å²) in [6, 6.07) is 14.3. The van der Waals surface area contributed by atoms with E-state index >= 15 is 0 Å². The van der Waals surface area contributed by atoms with Crippen LogP contribution in [0.2, 0.25) is 0 Å². The number of amides is 2. The lowest BCUT2D eigenvalue weighted by Crippen LogP contribution is -2.22. The van der Waals surface area contributed by atoms with Crippen LogP contribution in [0.3, 0.4) is 0 Å². The van der Waals surface area contributed by atoms with Crippen LogP contribution in [0.15, 0.2) is 73.1 Å². The number of halogens is 3. The quantitative estimate of drug-likeness (QED) is 0.673. The highest BCUT2D eigenvalue weighted by atomic mass is 19.4. The molecule has 0 atom stereocenters. The summed E-state index contributed by atoms with van der Waals surface area (Å²) in [6.45, 7) is 0.249. The first-order valence-corrected chi connectivity index (χ1v) is 8.59. The molecule has 2 amide bonds. The Labute approximate surface area is 164 Å². The van der Waals surface area contributed by atoms with Crippen molar-refractivity contribution in [1.29, 1.82) is 0 Å². The zero-order valence-corrected chi connectivity index (χ0v) is 15.0. The molecule has 0 aliphatic carbocycles. The molecule has 0 fully saturated rings. The second-order valence-electron chi connectivity index (χ2n) is 6.12. The molecular formula is C21H16F3N3O2. The summed E-state index contributed by atoms with van der Waals surface area (Å²) in [5.41, 5.74) is 0.0880. The first kappa shape index (κ1) is 20.1. The Balaban J connectivity index is 1.63. The number of benzene rings is 2. The highest BCUT2D eigenvalue weighted by molar-refractivity contribution is 6.05. The maximum atomic E-state index is 13.1. The number of hydrogen-bond acceptors (Lipinski definition) is 3. The first-order valence-electron chi connectivity index (χ1n) is 8.59. The van der Waals surface area contributed by atoms with Crippen LogP contribution in [0, 0.1) is 0 Å². The van der Waals surface area contributed by atoms with Gasteiger partial charge in [0, 0.05) is 24.6 Å². The van der Waals surface area contributed by atoms with E-state index in [9.17, 15) is 22.8 Å². The van der Waals surface area contributed by atoms with Crippen molar-refractivity contribution in [3.05, 3.63) is 95.3 Å². The number of anilines is 1. The van der Waals surface area contributed by atoms with E-state index in [0.29, 0.717) is 11.3 Å². The number of carbonyl (C=O) groups is 2. The van der Waals surface area contributed by atoms with E-state index in [1.807, 2.05) is 0 Å². The molecule has 1 heterocycles. The zero-order chi connectivity index (χ0) is 20.9. The van der Waals surface area contributed by atoms with E-state index in [1.54, 1.807) is 42.6 Å². The van der Waals surface area contributed by atoms with Crippen molar-refractivity contribution in [3.63, 3.8) is 0 Å². The number of aromatic nitrogens is 1. The number of alkyl halides is 3. The third-order valence-corrected chi connectivity index (χ3v) is 4.07. The van der Waals surface area contributed by atoms with Gasteiger partial charge in [-0.15, -0.1) is 0 Å². The second-order valence-corrected chi connectivity index (χ2v) is 6.12. The van der Waals surface area contributed by atoms with Crippen LogP contribution in [-0.2, 0) is 12.7 Å². The number of nitrogens with zero attached hydrogens (tertiary/aromatic N) is 1. The van der Waals surface area contributed by atoms with Crippen LogP contribution < -0.4 is 10.6 Å². The second kappa shape index (κ2) is 8.55. The van der Waals surface area contributed by atoms with Crippen LogP contribution >= 0.6 is 0 Å². The van der Waals surface area contributed by atoms with Crippen molar-refractivity contribution in [2.75, 3.05) is 5.32 Å². The van der Waals surface area contributed by atoms with E-state index < -0.39 is 23.2 Å². The molecule has 29 heavy (non-hydrogen) atoms. The minimum atomic E-state index is -4.62. The summed E-state index contributed by atoms with van der Waals surface area (Å²) in [5, 5.41) is 5.19. The third kappa shape index (κ3) is 5.19. The van der Waals surface area contributed by atoms with Crippen molar-refractivity contribution >= 4 is 17.5 Å². The molecule has 0 bridgehead atoms. The van der Waals surface area contributed by atoms with Gasteiger partial charge < -0.3 is 10.6 Å². The van der Waals surface area contributed by atoms with Gasteiger partial charge in [-0.1, -0.05) is 24.3 Å². The SMILES string of the molecule is O=C(NCc1ccc(NC(=O)c2ccccc2C(F)(F)F)cc1)c1cccnc1. The van der Waals surface area contributed by atoms with Crippen molar-refractivity contribution in [1.82, 2.24) is 10.3 Å². The summed E-state index contributed by atoms with van der Waals surface area (Å²) < 4.78 is 39.2. The van der Waals surface area contributed by atoms with Crippen LogP contribution in [-0.4, -0.2) is 16.8 Å². The fraction of sp³-hybridized carbons (Fsp3) is 0.0952. The van der Waals surface area contributed by atoms with E-state index in [1.165, 1.54) is 18.3 Å². The Bertz CT molecular complexity index is 1000. The molecule has 0 aliphatic rings. The van der Waals surface area contributed by atoms with E-state index in [0.717, 1.165) is 17.7 Å². The fourth-order valence-electron chi connectivity index (χ4n) is 2.61. The fourth-order valence-corrected chi connectivity index (χ4v) is 2.61. The number of hydrogen-bond donors (Lipinski definition) is 2. The summed E-state index contributed by atoms with van der Waals surface area (Å²) in [5.74, 6) is -1.13. The van der Waals surface area contributed by atoms with Gasteiger partial charge in [0.25, 0.3) is 11.8 Å². The molecule has 2 N–H and O–H groups in total. The topological polar surface area (TPSA) is 71.1 Å². The molecule has 8 heteroatoms. The highest BCUT2D eigenvalue weighted by Crippen LogP contribution is 2.32. The van der Waals surface area contributed by atoms with E-state index in [-0.39, 0.29) is 12.5 Å². The monoisotopic (exact) mass is 399 g/mol. The largest absolute Gasteiger partial charge is 0.417 e. The Morgan fingerprint density at radius 1 is 0.897 bits per heavy atom. The van der Waals surface area contributed by atoms with Gasteiger partial charge in [-0.2, -0.15) is 13.2 Å². The Kier molecular flexibility index (Phi) is 5.92. The molecule has 3 aromatic rings. The molecule has 0 spiro atoms. The maximum Gasteiger partial charge on any atom is 0.417 e. The number of pyridine rings is 1. The maximum absolute atomic E-state index is 13.1. The van der Waals surface area contributed by atoms with Gasteiger partial charge >= 0.3 is 6.18 Å². The lowest BCUT2D eigenvalue weighted by molar-refractivity contribution is -0.137. The van der Waals surface area contributed by atoms with Gasteiger partial charge in [-0.3, -0.25) is 14.6 Å². The number of rotatable bonds is 5. The average Bonchev–Trinajstić information content (AvgIpc) is 2.73. The Morgan fingerprint density at radius 2 is 1.62 bits per heavy atom. The highest BCUT2D eigenvalue weighted by Gasteiger charge is 2.34. The minimum Gasteiger partial charge on any atom is -0.348 e. The standard InChI is InChI=1S/C21H16F3N3O2/c22-21(23,24)18-6-2-1-5-17(18)20(29)27-16-9-7-14(8-10-16)12-26-19(28)15-4-3-11-25-13-15/h1-11,13H,12H2,(H,26,28)(H,27,29). The molecule has 148 valence electrons. The molecule has 0 saturated carbocycles. The van der Waals surface area contributed by atoms with Crippen LogP contribution in [0.1, 0.15) is 31.8 Å². The Hall–Kier alpha value is -3.68. The summed E-state index contributed by atoms with van der Waals surface area (Å²) in [7, 11) is 0. The normalized spacial score (nSPS) is 11.0. The van der Waals surface area contributed by atoms with Gasteiger partial charge in [0.15, 0.2) is 0 Å². The van der Waals surface area contributed by atoms with Crippen LogP contribution in [0.25, 0.3) is 0 Å². The lowest BCUT2D eigenvalue weighted by Gasteiger charge is -2.13. The molecule has 5 nitrogen and oxygen atoms in total. The van der Waals surface area contributed by atoms with Crippen molar-refractivity contribution in [2.45, 2.75) is 12.7 Å². The van der Waals surface area contributed by atoms with Crippen molar-refractivity contribution < 1.29 is 22.8 Å². The molecule has 2 aromatic carbocycles. The van der Waals surface area contributed by atoms with Crippen molar-refractivity contribution in [3.8, 4) is 0 Å². The molecule has 0 radical (unpaired) electrons. The van der Waals surface area contributed by atoms with Gasteiger partial charge in [-0.25, -0.2) is 0 Å². The lowest BCUT2D eigenvalue weighted by atomic mass is 10.1. The van der Waals surface area contributed by atoms with Gasteiger partial charge in [0.2, 0.25) is 0 Å². The smallest absolute Gasteiger partial charge is 0.348 e. The van der Waals surface area contributed by atoms with Crippen molar-refractivity contribution in [2.24, 2.45) is 0 Å². The molecule has 0 aliphatic heterocycles. The van der Waals surface area contributed by atoms with E-state index in [2.05, 4.69) is 15.6 Å². The predicted octanol–water partition coefficient (Wildman–Crippen LogP) is 4.28. The summed E-state index contributed by atoms with van der Waals surface area (Å²) >= 11 is 0. The first-order chi connectivity index (χ1) is 13.8. The van der Waals surface area contributed by atoms with E-state index in [4.69, 9.17) is 0 Å².